The molecule has 122 valence electrons. The second-order valence-corrected chi connectivity index (χ2v) is 7.18. The van der Waals surface area contributed by atoms with Crippen LogP contribution in [-0.2, 0) is 16.0 Å². The summed E-state index contributed by atoms with van der Waals surface area (Å²) in [6, 6.07) is 8.22. The molecule has 0 aliphatic carbocycles. The Hall–Kier alpha value is -0.610. The lowest BCUT2D eigenvalue weighted by Gasteiger charge is -2.49. The molecule has 2 aliphatic rings. The van der Waals surface area contributed by atoms with Crippen molar-refractivity contribution in [1.82, 2.24) is 4.90 Å². The number of likely N-dealkylation sites (tertiary alicyclic amines) is 1. The molecule has 0 bridgehead atoms. The SMILES string of the molecule is COCC1COCCC12CCN(Cc1cccc(Cl)c1)CC2. The first kappa shape index (κ1) is 16.3. The van der Waals surface area contributed by atoms with Gasteiger partial charge in [0.05, 0.1) is 13.2 Å². The maximum atomic E-state index is 6.09. The number of ether oxygens (including phenoxy) is 2. The van der Waals surface area contributed by atoms with Gasteiger partial charge in [0.1, 0.15) is 0 Å². The van der Waals surface area contributed by atoms with E-state index in [-0.39, 0.29) is 0 Å². The third kappa shape index (κ3) is 3.65. The maximum Gasteiger partial charge on any atom is 0.0521 e. The van der Waals surface area contributed by atoms with Gasteiger partial charge in [-0.1, -0.05) is 23.7 Å². The standard InChI is InChI=1S/C18H26ClNO2/c1-21-13-16-14-22-10-7-18(16)5-8-20(9-6-18)12-15-3-2-4-17(19)11-15/h2-4,11,16H,5-10,12-14H2,1H3. The van der Waals surface area contributed by atoms with Crippen LogP contribution in [0.5, 0.6) is 0 Å². The molecule has 2 heterocycles. The minimum absolute atomic E-state index is 0.430. The Bertz CT molecular complexity index is 484. The summed E-state index contributed by atoms with van der Waals surface area (Å²) < 4.78 is 11.1. The normalized spacial score (nSPS) is 25.5. The minimum atomic E-state index is 0.430. The highest BCUT2D eigenvalue weighted by Crippen LogP contribution is 2.44. The van der Waals surface area contributed by atoms with Crippen LogP contribution in [0.15, 0.2) is 24.3 Å². The maximum absolute atomic E-state index is 6.09. The Kier molecular flexibility index (Phi) is 5.40. The average molecular weight is 324 g/mol. The zero-order valence-electron chi connectivity index (χ0n) is 13.4. The lowest BCUT2D eigenvalue weighted by atomic mass is 9.66. The van der Waals surface area contributed by atoms with E-state index in [2.05, 4.69) is 17.0 Å². The number of methoxy groups -OCH3 is 1. The number of halogens is 1. The molecule has 0 aromatic heterocycles. The number of nitrogens with zero attached hydrogens (tertiary/aromatic N) is 1. The van der Waals surface area contributed by atoms with Gasteiger partial charge >= 0.3 is 0 Å². The molecular formula is C18H26ClNO2. The van der Waals surface area contributed by atoms with Crippen molar-refractivity contribution in [3.05, 3.63) is 34.9 Å². The largest absolute Gasteiger partial charge is 0.384 e. The lowest BCUT2D eigenvalue weighted by molar-refractivity contribution is -0.0951. The predicted molar refractivity (Wildman–Crippen MR) is 89.2 cm³/mol. The van der Waals surface area contributed by atoms with Gasteiger partial charge in [0.15, 0.2) is 0 Å². The van der Waals surface area contributed by atoms with Crippen molar-refractivity contribution in [2.45, 2.75) is 25.8 Å². The number of hydrogen-bond donors (Lipinski definition) is 0. The van der Waals surface area contributed by atoms with Crippen LogP contribution in [0.1, 0.15) is 24.8 Å². The van der Waals surface area contributed by atoms with Crippen LogP contribution in [0.2, 0.25) is 5.02 Å². The molecule has 1 spiro atoms. The number of piperidine rings is 1. The second-order valence-electron chi connectivity index (χ2n) is 6.75. The van der Waals surface area contributed by atoms with Gasteiger partial charge in [0, 0.05) is 31.2 Å². The van der Waals surface area contributed by atoms with E-state index in [1.807, 2.05) is 12.1 Å². The Morgan fingerprint density at radius 1 is 1.32 bits per heavy atom. The highest BCUT2D eigenvalue weighted by atomic mass is 35.5. The van der Waals surface area contributed by atoms with Crippen LogP contribution in [0.3, 0.4) is 0 Å². The van der Waals surface area contributed by atoms with Gasteiger partial charge in [0.25, 0.3) is 0 Å². The molecule has 3 nitrogen and oxygen atoms in total. The number of rotatable bonds is 4. The molecule has 22 heavy (non-hydrogen) atoms. The number of benzene rings is 1. The molecule has 0 amide bonds. The van der Waals surface area contributed by atoms with Crippen molar-refractivity contribution in [3.8, 4) is 0 Å². The third-order valence-electron chi connectivity index (χ3n) is 5.44. The van der Waals surface area contributed by atoms with Gasteiger partial charge in [-0.2, -0.15) is 0 Å². The van der Waals surface area contributed by atoms with Crippen molar-refractivity contribution < 1.29 is 9.47 Å². The summed E-state index contributed by atoms with van der Waals surface area (Å²) in [5, 5.41) is 0.829. The molecule has 0 saturated carbocycles. The Balaban J connectivity index is 1.59. The van der Waals surface area contributed by atoms with Gasteiger partial charge in [-0.15, -0.1) is 0 Å². The van der Waals surface area contributed by atoms with Crippen molar-refractivity contribution in [3.63, 3.8) is 0 Å². The lowest BCUT2D eigenvalue weighted by Crippen LogP contribution is -2.49. The van der Waals surface area contributed by atoms with Crippen LogP contribution < -0.4 is 0 Å². The van der Waals surface area contributed by atoms with Gasteiger partial charge in [-0.3, -0.25) is 4.90 Å². The first-order chi connectivity index (χ1) is 10.7. The molecular weight excluding hydrogens is 298 g/mol. The summed E-state index contributed by atoms with van der Waals surface area (Å²) in [7, 11) is 1.80. The summed E-state index contributed by atoms with van der Waals surface area (Å²) in [4.78, 5) is 2.55. The Labute approximate surface area is 138 Å². The zero-order valence-corrected chi connectivity index (χ0v) is 14.1. The molecule has 4 heteroatoms. The van der Waals surface area contributed by atoms with Crippen LogP contribution in [0.4, 0.5) is 0 Å². The fraction of sp³-hybridized carbons (Fsp3) is 0.667. The molecule has 2 fully saturated rings. The quantitative estimate of drug-likeness (QED) is 0.845. The van der Waals surface area contributed by atoms with Crippen LogP contribution in [0, 0.1) is 11.3 Å². The molecule has 1 atom stereocenters. The molecule has 3 rings (SSSR count). The van der Waals surface area contributed by atoms with E-state index in [9.17, 15) is 0 Å². The highest BCUT2D eigenvalue weighted by molar-refractivity contribution is 6.30. The zero-order chi connectivity index (χ0) is 15.4. The second kappa shape index (κ2) is 7.31. The van der Waals surface area contributed by atoms with E-state index in [0.717, 1.165) is 44.5 Å². The summed E-state index contributed by atoms with van der Waals surface area (Å²) in [6.07, 6.45) is 3.70. The highest BCUT2D eigenvalue weighted by Gasteiger charge is 2.43. The molecule has 2 aliphatic heterocycles. The predicted octanol–water partition coefficient (Wildman–Crippen LogP) is 3.61. The molecule has 0 N–H and O–H groups in total. The van der Waals surface area contributed by atoms with Crippen LogP contribution in [0.25, 0.3) is 0 Å². The molecule has 2 saturated heterocycles. The molecule has 1 aromatic carbocycles. The summed E-state index contributed by atoms with van der Waals surface area (Å²) >= 11 is 6.09. The summed E-state index contributed by atoms with van der Waals surface area (Å²) in [6.45, 7) is 5.92. The number of hydrogen-bond acceptors (Lipinski definition) is 3. The van der Waals surface area contributed by atoms with Crippen molar-refractivity contribution >= 4 is 11.6 Å². The van der Waals surface area contributed by atoms with Gasteiger partial charge in [0.2, 0.25) is 0 Å². The monoisotopic (exact) mass is 323 g/mol. The molecule has 1 aromatic rings. The fourth-order valence-corrected chi connectivity index (χ4v) is 4.23. The topological polar surface area (TPSA) is 21.7 Å². The Morgan fingerprint density at radius 2 is 2.14 bits per heavy atom. The summed E-state index contributed by atoms with van der Waals surface area (Å²) in [5.74, 6) is 0.555. The first-order valence-corrected chi connectivity index (χ1v) is 8.63. The third-order valence-corrected chi connectivity index (χ3v) is 5.68. The van der Waals surface area contributed by atoms with E-state index in [4.69, 9.17) is 21.1 Å². The van der Waals surface area contributed by atoms with E-state index in [0.29, 0.717) is 11.3 Å². The summed E-state index contributed by atoms with van der Waals surface area (Å²) in [5.41, 5.74) is 1.74. The van der Waals surface area contributed by atoms with Crippen LogP contribution >= 0.6 is 11.6 Å². The van der Waals surface area contributed by atoms with Crippen molar-refractivity contribution in [2.24, 2.45) is 11.3 Å². The average Bonchev–Trinajstić information content (AvgIpc) is 2.52. The molecule has 0 radical (unpaired) electrons. The molecule has 1 unspecified atom stereocenters. The van der Waals surface area contributed by atoms with Crippen molar-refractivity contribution in [2.75, 3.05) is 40.0 Å². The van der Waals surface area contributed by atoms with E-state index in [1.165, 1.54) is 24.8 Å². The van der Waals surface area contributed by atoms with E-state index < -0.39 is 0 Å². The van der Waals surface area contributed by atoms with Gasteiger partial charge in [-0.25, -0.2) is 0 Å². The smallest absolute Gasteiger partial charge is 0.0521 e. The first-order valence-electron chi connectivity index (χ1n) is 8.25. The van der Waals surface area contributed by atoms with Crippen LogP contribution in [-0.4, -0.2) is 44.9 Å². The van der Waals surface area contributed by atoms with E-state index >= 15 is 0 Å². The minimum Gasteiger partial charge on any atom is -0.384 e. The van der Waals surface area contributed by atoms with Gasteiger partial charge < -0.3 is 9.47 Å². The van der Waals surface area contributed by atoms with E-state index in [1.54, 1.807) is 7.11 Å². The fourth-order valence-electron chi connectivity index (χ4n) is 4.02. The Morgan fingerprint density at radius 3 is 2.86 bits per heavy atom. The van der Waals surface area contributed by atoms with Crippen molar-refractivity contribution in [1.29, 1.82) is 0 Å². The van der Waals surface area contributed by atoms with Gasteiger partial charge in [-0.05, 0) is 55.5 Å².